The van der Waals surface area contributed by atoms with Gasteiger partial charge in [0.2, 0.25) is 5.91 Å². The van der Waals surface area contributed by atoms with Crippen LogP contribution in [0.15, 0.2) is 12.1 Å². The Morgan fingerprint density at radius 3 is 2.85 bits per heavy atom. The fourth-order valence-electron chi connectivity index (χ4n) is 2.87. The predicted octanol–water partition coefficient (Wildman–Crippen LogP) is 2.87. The van der Waals surface area contributed by atoms with Gasteiger partial charge < -0.3 is 14.4 Å². The zero-order valence-electron chi connectivity index (χ0n) is 11.4. The van der Waals surface area contributed by atoms with E-state index in [1.165, 1.54) is 11.3 Å². The van der Waals surface area contributed by atoms with E-state index in [0.29, 0.717) is 19.8 Å². The fourth-order valence-corrected chi connectivity index (χ4v) is 3.97. The first-order chi connectivity index (χ1) is 9.60. The summed E-state index contributed by atoms with van der Waals surface area (Å²) < 4.78 is 12.2. The van der Waals surface area contributed by atoms with Gasteiger partial charge in [0.25, 0.3) is 0 Å². The molecule has 110 valence electrons. The van der Waals surface area contributed by atoms with Crippen molar-refractivity contribution in [1.82, 2.24) is 4.90 Å². The molecular formula is C14H18ClNO3S. The molecule has 1 unspecified atom stereocenters. The lowest BCUT2D eigenvalue weighted by Crippen LogP contribution is -2.51. The maximum atomic E-state index is 12.6. The molecule has 1 aromatic heterocycles. The number of likely N-dealkylation sites (tertiary alicyclic amines) is 1. The molecule has 1 amide bonds. The van der Waals surface area contributed by atoms with E-state index in [-0.39, 0.29) is 11.8 Å². The lowest BCUT2D eigenvalue weighted by Gasteiger charge is -2.39. The molecule has 1 spiro atoms. The summed E-state index contributed by atoms with van der Waals surface area (Å²) in [6.07, 6.45) is 1.79. The molecule has 20 heavy (non-hydrogen) atoms. The van der Waals surface area contributed by atoms with Crippen LogP contribution >= 0.6 is 22.9 Å². The molecule has 1 aromatic rings. The summed E-state index contributed by atoms with van der Waals surface area (Å²) in [5.74, 6) is -0.591. The van der Waals surface area contributed by atoms with Gasteiger partial charge in [0.1, 0.15) is 0 Å². The molecule has 2 fully saturated rings. The van der Waals surface area contributed by atoms with E-state index < -0.39 is 5.79 Å². The van der Waals surface area contributed by atoms with Crippen LogP contribution in [-0.4, -0.2) is 42.9 Å². The molecule has 1 atom stereocenters. The number of carbonyl (C=O) groups is 1. The van der Waals surface area contributed by atoms with E-state index in [0.717, 1.165) is 28.6 Å². The maximum absolute atomic E-state index is 12.6. The largest absolute Gasteiger partial charge is 0.346 e. The lowest BCUT2D eigenvalue weighted by molar-refractivity contribution is -0.193. The number of nitrogens with zero attached hydrogens (tertiary/aromatic N) is 1. The highest BCUT2D eigenvalue weighted by molar-refractivity contribution is 7.16. The Labute approximate surface area is 127 Å². The van der Waals surface area contributed by atoms with Gasteiger partial charge in [-0.15, -0.1) is 11.3 Å². The second kappa shape index (κ2) is 5.64. The van der Waals surface area contributed by atoms with Crippen molar-refractivity contribution in [2.45, 2.75) is 31.5 Å². The summed E-state index contributed by atoms with van der Waals surface area (Å²) in [6.45, 7) is 4.49. The smallest absolute Gasteiger partial charge is 0.230 e. The fraction of sp³-hybridized carbons (Fsp3) is 0.643. The Balaban J connectivity index is 1.70. The van der Waals surface area contributed by atoms with Crippen molar-refractivity contribution in [2.24, 2.45) is 0 Å². The molecule has 0 N–H and O–H groups in total. The molecular weight excluding hydrogens is 298 g/mol. The third kappa shape index (κ3) is 2.72. The van der Waals surface area contributed by atoms with Gasteiger partial charge in [-0.05, 0) is 25.5 Å². The molecule has 2 saturated heterocycles. The summed E-state index contributed by atoms with van der Waals surface area (Å²) in [6, 6.07) is 3.77. The number of carbonyl (C=O) groups excluding carboxylic acids is 1. The highest BCUT2D eigenvalue weighted by Crippen LogP contribution is 2.33. The number of rotatable bonds is 2. The Kier molecular flexibility index (Phi) is 4.04. The highest BCUT2D eigenvalue weighted by atomic mass is 35.5. The van der Waals surface area contributed by atoms with Crippen molar-refractivity contribution in [2.75, 3.05) is 26.3 Å². The van der Waals surface area contributed by atoms with Crippen molar-refractivity contribution in [3.63, 3.8) is 0 Å². The van der Waals surface area contributed by atoms with Crippen LogP contribution in [0.3, 0.4) is 0 Å². The Hall–Kier alpha value is -0.620. The molecule has 6 heteroatoms. The van der Waals surface area contributed by atoms with Gasteiger partial charge in [0.15, 0.2) is 5.79 Å². The number of hydrogen-bond acceptors (Lipinski definition) is 4. The average Bonchev–Trinajstić information content (AvgIpc) is 3.07. The number of thiophene rings is 1. The molecule has 4 nitrogen and oxygen atoms in total. The van der Waals surface area contributed by atoms with Crippen LogP contribution in [0, 0.1) is 0 Å². The number of hydrogen-bond donors (Lipinski definition) is 0. The predicted molar refractivity (Wildman–Crippen MR) is 78.2 cm³/mol. The standard InChI is InChI=1S/C14H18ClNO3S/c1-10(11-3-4-12(15)20-11)13(17)16-6-2-5-14(9-16)18-7-8-19-14/h3-4,10H,2,5-9H2,1H3. The van der Waals surface area contributed by atoms with Gasteiger partial charge in [-0.1, -0.05) is 11.6 Å². The molecule has 0 aliphatic carbocycles. The average molecular weight is 316 g/mol. The third-order valence-corrected chi connectivity index (χ3v) is 5.35. The minimum Gasteiger partial charge on any atom is -0.346 e. The second-order valence-corrected chi connectivity index (χ2v) is 7.08. The van der Waals surface area contributed by atoms with Crippen LogP contribution in [0.5, 0.6) is 0 Å². The van der Waals surface area contributed by atoms with Crippen molar-refractivity contribution in [3.8, 4) is 0 Å². The lowest BCUT2D eigenvalue weighted by atomic mass is 10.0. The van der Waals surface area contributed by atoms with Crippen LogP contribution in [0.25, 0.3) is 0 Å². The number of piperidine rings is 1. The Bertz CT molecular complexity index is 498. The van der Waals surface area contributed by atoms with E-state index in [9.17, 15) is 4.79 Å². The summed E-state index contributed by atoms with van der Waals surface area (Å²) in [4.78, 5) is 15.5. The van der Waals surface area contributed by atoms with Crippen LogP contribution < -0.4 is 0 Å². The van der Waals surface area contributed by atoms with Gasteiger partial charge in [0, 0.05) is 17.8 Å². The van der Waals surface area contributed by atoms with Crippen molar-refractivity contribution >= 4 is 28.8 Å². The summed E-state index contributed by atoms with van der Waals surface area (Å²) >= 11 is 7.41. The zero-order valence-corrected chi connectivity index (χ0v) is 13.0. The van der Waals surface area contributed by atoms with Crippen molar-refractivity contribution < 1.29 is 14.3 Å². The van der Waals surface area contributed by atoms with E-state index in [1.54, 1.807) is 0 Å². The summed E-state index contributed by atoms with van der Waals surface area (Å²) in [5.41, 5.74) is 0. The molecule has 0 bridgehead atoms. The second-order valence-electron chi connectivity index (χ2n) is 5.33. The van der Waals surface area contributed by atoms with Crippen molar-refractivity contribution in [1.29, 1.82) is 0 Å². The van der Waals surface area contributed by atoms with Gasteiger partial charge in [-0.3, -0.25) is 4.79 Å². The van der Waals surface area contributed by atoms with Crippen LogP contribution in [0.1, 0.15) is 30.6 Å². The zero-order chi connectivity index (χ0) is 14.2. The van der Waals surface area contributed by atoms with E-state index in [4.69, 9.17) is 21.1 Å². The van der Waals surface area contributed by atoms with E-state index in [2.05, 4.69) is 0 Å². The molecule has 3 heterocycles. The van der Waals surface area contributed by atoms with Crippen LogP contribution in [0.2, 0.25) is 4.34 Å². The monoisotopic (exact) mass is 315 g/mol. The van der Waals surface area contributed by atoms with E-state index in [1.807, 2.05) is 24.0 Å². The topological polar surface area (TPSA) is 38.8 Å². The minimum atomic E-state index is -0.555. The highest BCUT2D eigenvalue weighted by Gasteiger charge is 2.42. The first-order valence-electron chi connectivity index (χ1n) is 6.92. The summed E-state index contributed by atoms with van der Waals surface area (Å²) in [5, 5.41) is 0. The number of amides is 1. The number of halogens is 1. The van der Waals surface area contributed by atoms with Gasteiger partial charge >= 0.3 is 0 Å². The number of ether oxygens (including phenoxy) is 2. The quantitative estimate of drug-likeness (QED) is 0.842. The van der Waals surface area contributed by atoms with E-state index >= 15 is 0 Å². The SMILES string of the molecule is CC(C(=O)N1CCCC2(C1)OCCO2)c1ccc(Cl)s1. The molecule has 3 rings (SSSR count). The summed E-state index contributed by atoms with van der Waals surface area (Å²) in [7, 11) is 0. The van der Waals surface area contributed by atoms with Gasteiger partial charge in [-0.25, -0.2) is 0 Å². The van der Waals surface area contributed by atoms with Crippen LogP contribution in [-0.2, 0) is 14.3 Å². The molecule has 0 aromatic carbocycles. The minimum absolute atomic E-state index is 0.127. The van der Waals surface area contributed by atoms with Gasteiger partial charge in [-0.2, -0.15) is 0 Å². The van der Waals surface area contributed by atoms with Crippen molar-refractivity contribution in [3.05, 3.63) is 21.3 Å². The van der Waals surface area contributed by atoms with Crippen LogP contribution in [0.4, 0.5) is 0 Å². The molecule has 0 radical (unpaired) electrons. The maximum Gasteiger partial charge on any atom is 0.230 e. The third-order valence-electron chi connectivity index (χ3n) is 3.93. The normalized spacial score (nSPS) is 23.2. The molecule has 0 saturated carbocycles. The first kappa shape index (κ1) is 14.3. The van der Waals surface area contributed by atoms with Gasteiger partial charge in [0.05, 0.1) is 30.0 Å². The first-order valence-corrected chi connectivity index (χ1v) is 8.11. The molecule has 2 aliphatic heterocycles. The Morgan fingerprint density at radius 2 is 2.20 bits per heavy atom. The Morgan fingerprint density at radius 1 is 1.45 bits per heavy atom. The molecule has 2 aliphatic rings.